The Bertz CT molecular complexity index is 480. The van der Waals surface area contributed by atoms with E-state index in [9.17, 15) is 0 Å². The summed E-state index contributed by atoms with van der Waals surface area (Å²) in [6.07, 6.45) is 4.81. The minimum absolute atomic E-state index is 0.251. The first-order valence-electron chi connectivity index (χ1n) is 5.07. The van der Waals surface area contributed by atoms with Gasteiger partial charge in [-0.2, -0.15) is 0 Å². The average Bonchev–Trinajstić information content (AvgIpc) is 2.45. The Balaban J connectivity index is 2.45. The van der Waals surface area contributed by atoms with Crippen LogP contribution in [0.5, 0.6) is 0 Å². The molecule has 2 aromatic rings. The van der Waals surface area contributed by atoms with Crippen LogP contribution in [0.3, 0.4) is 0 Å². The van der Waals surface area contributed by atoms with E-state index in [-0.39, 0.29) is 5.41 Å². The van der Waals surface area contributed by atoms with Crippen LogP contribution in [0.2, 0.25) is 5.02 Å². The lowest BCUT2D eigenvalue weighted by atomic mass is 9.92. The Morgan fingerprint density at radius 1 is 1.40 bits per heavy atom. The van der Waals surface area contributed by atoms with Crippen LogP contribution in [0.4, 0.5) is 0 Å². The number of aromatic nitrogens is 2. The second-order valence-electron chi connectivity index (χ2n) is 5.05. The first-order valence-corrected chi connectivity index (χ1v) is 5.45. The van der Waals surface area contributed by atoms with E-state index in [2.05, 4.69) is 30.2 Å². The number of fused-ring (bicyclic) bond motifs is 1. The maximum atomic E-state index is 5.92. The van der Waals surface area contributed by atoms with Crippen LogP contribution >= 0.6 is 11.6 Å². The molecule has 2 aromatic heterocycles. The van der Waals surface area contributed by atoms with Gasteiger partial charge in [0.2, 0.25) is 0 Å². The average molecular weight is 223 g/mol. The molecule has 0 saturated carbocycles. The van der Waals surface area contributed by atoms with E-state index in [1.54, 1.807) is 0 Å². The second-order valence-corrected chi connectivity index (χ2v) is 5.49. The zero-order chi connectivity index (χ0) is 11.1. The van der Waals surface area contributed by atoms with Crippen LogP contribution in [0.1, 0.15) is 26.6 Å². The molecule has 80 valence electrons. The lowest BCUT2D eigenvalue weighted by Gasteiger charge is -2.16. The third-order valence-corrected chi connectivity index (χ3v) is 2.49. The summed E-state index contributed by atoms with van der Waals surface area (Å²) in [7, 11) is 0. The van der Waals surface area contributed by atoms with Gasteiger partial charge in [-0.3, -0.25) is 0 Å². The molecule has 0 aliphatic heterocycles. The molecule has 0 aliphatic rings. The molecule has 3 heteroatoms. The molecule has 0 spiro atoms. The van der Waals surface area contributed by atoms with Gasteiger partial charge in [0.15, 0.2) is 0 Å². The fourth-order valence-corrected chi connectivity index (χ4v) is 1.80. The highest BCUT2D eigenvalue weighted by Crippen LogP contribution is 2.21. The van der Waals surface area contributed by atoms with Crippen molar-refractivity contribution in [1.82, 2.24) is 9.38 Å². The number of nitrogens with zero attached hydrogens (tertiary/aromatic N) is 2. The Morgan fingerprint density at radius 3 is 2.80 bits per heavy atom. The van der Waals surface area contributed by atoms with Gasteiger partial charge in [0.1, 0.15) is 5.82 Å². The Labute approximate surface area is 94.9 Å². The minimum atomic E-state index is 0.251. The summed E-state index contributed by atoms with van der Waals surface area (Å²) in [6.45, 7) is 6.64. The second kappa shape index (κ2) is 3.53. The first kappa shape index (κ1) is 10.5. The number of hydrogen-bond acceptors (Lipinski definition) is 1. The van der Waals surface area contributed by atoms with Gasteiger partial charge in [0.25, 0.3) is 0 Å². The highest BCUT2D eigenvalue weighted by molar-refractivity contribution is 6.30. The molecule has 15 heavy (non-hydrogen) atoms. The number of pyridine rings is 1. The monoisotopic (exact) mass is 222 g/mol. The molecule has 0 atom stereocenters. The molecule has 0 radical (unpaired) electrons. The molecule has 0 aliphatic carbocycles. The molecule has 0 unspecified atom stereocenters. The normalized spacial score (nSPS) is 12.3. The predicted octanol–water partition coefficient (Wildman–Crippen LogP) is 3.58. The molecule has 2 nitrogen and oxygen atoms in total. The maximum Gasteiger partial charge on any atom is 0.113 e. The van der Waals surface area contributed by atoms with Crippen molar-refractivity contribution in [1.29, 1.82) is 0 Å². The van der Waals surface area contributed by atoms with Gasteiger partial charge in [-0.15, -0.1) is 0 Å². The molecular formula is C12H15ClN2. The van der Waals surface area contributed by atoms with Crippen molar-refractivity contribution >= 4 is 17.1 Å². The van der Waals surface area contributed by atoms with Gasteiger partial charge in [0.05, 0.1) is 11.7 Å². The van der Waals surface area contributed by atoms with E-state index in [4.69, 9.17) is 11.6 Å². The fraction of sp³-hybridized carbons (Fsp3) is 0.417. The van der Waals surface area contributed by atoms with Gasteiger partial charge < -0.3 is 4.40 Å². The molecule has 0 amide bonds. The van der Waals surface area contributed by atoms with Crippen LogP contribution < -0.4 is 0 Å². The summed E-state index contributed by atoms with van der Waals surface area (Å²) in [5.41, 5.74) is 1.31. The van der Waals surface area contributed by atoms with Crippen LogP contribution in [-0.4, -0.2) is 9.38 Å². The van der Waals surface area contributed by atoms with E-state index in [1.807, 2.05) is 24.5 Å². The summed E-state index contributed by atoms with van der Waals surface area (Å²) in [5, 5.41) is 0.754. The third kappa shape index (κ3) is 2.32. The van der Waals surface area contributed by atoms with E-state index < -0.39 is 0 Å². The van der Waals surface area contributed by atoms with E-state index >= 15 is 0 Å². The molecule has 0 fully saturated rings. The number of hydrogen-bond donors (Lipinski definition) is 0. The van der Waals surface area contributed by atoms with Gasteiger partial charge in [-0.1, -0.05) is 32.4 Å². The van der Waals surface area contributed by atoms with Crippen molar-refractivity contribution < 1.29 is 0 Å². The molecule has 0 N–H and O–H groups in total. The maximum absolute atomic E-state index is 5.92. The van der Waals surface area contributed by atoms with Crippen molar-refractivity contribution in [3.8, 4) is 0 Å². The van der Waals surface area contributed by atoms with Crippen molar-refractivity contribution in [2.75, 3.05) is 0 Å². The molecule has 0 bridgehead atoms. The summed E-state index contributed by atoms with van der Waals surface area (Å²) in [4.78, 5) is 4.43. The van der Waals surface area contributed by atoms with E-state index in [1.165, 1.54) is 0 Å². The molecule has 2 rings (SSSR count). The van der Waals surface area contributed by atoms with Gasteiger partial charge in [0, 0.05) is 17.6 Å². The van der Waals surface area contributed by atoms with Crippen LogP contribution in [0.15, 0.2) is 24.5 Å². The SMILES string of the molecule is CC(C)(C)Cc1ncc2cc(Cl)ccn12. The lowest BCUT2D eigenvalue weighted by Crippen LogP contribution is -2.11. The summed E-state index contributed by atoms with van der Waals surface area (Å²) in [6, 6.07) is 3.82. The molecule has 0 saturated heterocycles. The fourth-order valence-electron chi connectivity index (χ4n) is 1.63. The Kier molecular flexibility index (Phi) is 2.47. The van der Waals surface area contributed by atoms with Crippen molar-refractivity contribution in [2.45, 2.75) is 27.2 Å². The highest BCUT2D eigenvalue weighted by Gasteiger charge is 2.14. The summed E-state index contributed by atoms with van der Waals surface area (Å²) < 4.78 is 2.09. The van der Waals surface area contributed by atoms with Crippen LogP contribution in [-0.2, 0) is 6.42 Å². The van der Waals surface area contributed by atoms with Crippen LogP contribution in [0.25, 0.3) is 5.52 Å². The zero-order valence-corrected chi connectivity index (χ0v) is 10.0. The topological polar surface area (TPSA) is 17.3 Å². The molecular weight excluding hydrogens is 208 g/mol. The van der Waals surface area contributed by atoms with Gasteiger partial charge >= 0.3 is 0 Å². The van der Waals surface area contributed by atoms with Gasteiger partial charge in [-0.25, -0.2) is 4.98 Å². The zero-order valence-electron chi connectivity index (χ0n) is 9.29. The quantitative estimate of drug-likeness (QED) is 0.721. The number of rotatable bonds is 1. The number of halogens is 1. The number of imidazole rings is 1. The predicted molar refractivity (Wildman–Crippen MR) is 63.4 cm³/mol. The smallest absolute Gasteiger partial charge is 0.113 e. The third-order valence-electron chi connectivity index (χ3n) is 2.26. The lowest BCUT2D eigenvalue weighted by molar-refractivity contribution is 0.400. The van der Waals surface area contributed by atoms with Crippen LogP contribution in [0, 0.1) is 5.41 Å². The van der Waals surface area contributed by atoms with Crippen molar-refractivity contribution in [3.05, 3.63) is 35.4 Å². The summed E-state index contributed by atoms with van der Waals surface area (Å²) in [5.74, 6) is 1.09. The first-order chi connectivity index (χ1) is 6.96. The largest absolute Gasteiger partial charge is 0.304 e. The highest BCUT2D eigenvalue weighted by atomic mass is 35.5. The molecule has 0 aromatic carbocycles. The Morgan fingerprint density at radius 2 is 2.13 bits per heavy atom. The Hall–Kier alpha value is -1.02. The minimum Gasteiger partial charge on any atom is -0.304 e. The standard InChI is InChI=1S/C12H15ClN2/c1-12(2,3)7-11-14-8-10-6-9(13)4-5-15(10)11/h4-6,8H,7H2,1-3H3. The van der Waals surface area contributed by atoms with Crippen molar-refractivity contribution in [3.63, 3.8) is 0 Å². The van der Waals surface area contributed by atoms with Gasteiger partial charge in [-0.05, 0) is 17.5 Å². The van der Waals surface area contributed by atoms with Crippen molar-refractivity contribution in [2.24, 2.45) is 5.41 Å². The van der Waals surface area contributed by atoms with E-state index in [0.717, 1.165) is 22.8 Å². The molecule has 2 heterocycles. The summed E-state index contributed by atoms with van der Waals surface area (Å²) >= 11 is 5.92. The van der Waals surface area contributed by atoms with E-state index in [0.29, 0.717) is 0 Å².